The summed E-state index contributed by atoms with van der Waals surface area (Å²) >= 11 is 1.65. The van der Waals surface area contributed by atoms with Crippen LogP contribution in [0.5, 0.6) is 0 Å². The summed E-state index contributed by atoms with van der Waals surface area (Å²) in [5.74, 6) is 0.808. The molecule has 14 heavy (non-hydrogen) atoms. The molecule has 0 N–H and O–H groups in total. The van der Waals surface area contributed by atoms with Gasteiger partial charge in [0.25, 0.3) is 5.69 Å². The fourth-order valence-electron chi connectivity index (χ4n) is 0.904. The Balaban J connectivity index is 2.78. The van der Waals surface area contributed by atoms with E-state index in [9.17, 15) is 10.1 Å². The number of hydrogen-bond acceptors (Lipinski definition) is 4. The molecule has 0 saturated carbocycles. The van der Waals surface area contributed by atoms with Gasteiger partial charge in [0.2, 0.25) is 0 Å². The molecular weight excluding hydrogens is 200 g/mol. The summed E-state index contributed by atoms with van der Waals surface area (Å²) in [5.41, 5.74) is 0.692. The van der Waals surface area contributed by atoms with Crippen LogP contribution in [0.3, 0.4) is 0 Å². The van der Waals surface area contributed by atoms with E-state index in [0.717, 1.165) is 5.75 Å². The molecule has 0 bridgehead atoms. The van der Waals surface area contributed by atoms with Crippen LogP contribution in [-0.4, -0.2) is 23.1 Å². The van der Waals surface area contributed by atoms with Crippen LogP contribution >= 0.6 is 11.8 Å². The van der Waals surface area contributed by atoms with Gasteiger partial charge in [-0.2, -0.15) is 11.8 Å². The highest BCUT2D eigenvalue weighted by atomic mass is 32.2. The van der Waals surface area contributed by atoms with Crippen LogP contribution in [0.1, 0.15) is 0 Å². The van der Waals surface area contributed by atoms with Crippen molar-refractivity contribution in [1.82, 2.24) is 0 Å². The van der Waals surface area contributed by atoms with Gasteiger partial charge in [-0.3, -0.25) is 15.1 Å². The Morgan fingerprint density at radius 3 is 3.07 bits per heavy atom. The molecule has 1 rings (SSSR count). The highest BCUT2D eigenvalue weighted by Gasteiger charge is 2.03. The molecule has 0 aliphatic rings. The molecule has 0 fully saturated rings. The number of nitrogens with zero attached hydrogens (tertiary/aromatic N) is 2. The zero-order valence-corrected chi connectivity index (χ0v) is 8.53. The average molecular weight is 210 g/mol. The third kappa shape index (κ3) is 3.18. The number of non-ortho nitro benzene ring substituents is 1. The standard InChI is InChI=1S/C9H10N2O2S/c1-14-6-5-10-8-3-2-4-9(7-8)11(12)13/h2-5,7H,6H2,1H3. The Hall–Kier alpha value is -1.36. The molecule has 5 heteroatoms. The van der Waals surface area contributed by atoms with Gasteiger partial charge < -0.3 is 0 Å². The molecule has 0 spiro atoms. The Kier molecular flexibility index (Phi) is 4.12. The van der Waals surface area contributed by atoms with Gasteiger partial charge in [-0.05, 0) is 12.3 Å². The molecule has 0 heterocycles. The van der Waals surface area contributed by atoms with E-state index in [1.54, 1.807) is 30.1 Å². The maximum Gasteiger partial charge on any atom is 0.271 e. The molecule has 4 nitrogen and oxygen atoms in total. The third-order valence-electron chi connectivity index (χ3n) is 1.52. The van der Waals surface area contributed by atoms with Crippen LogP contribution in [0.4, 0.5) is 11.4 Å². The van der Waals surface area contributed by atoms with Crippen LogP contribution in [0, 0.1) is 10.1 Å². The zero-order chi connectivity index (χ0) is 10.4. The summed E-state index contributed by atoms with van der Waals surface area (Å²) in [6.07, 6.45) is 3.71. The Bertz CT molecular complexity index is 352. The second-order valence-corrected chi connectivity index (χ2v) is 3.45. The lowest BCUT2D eigenvalue weighted by Gasteiger charge is -1.93. The number of aliphatic imine (C=N–C) groups is 1. The first-order chi connectivity index (χ1) is 6.74. The fraction of sp³-hybridized carbons (Fsp3) is 0.222. The first-order valence-corrected chi connectivity index (χ1v) is 5.39. The topological polar surface area (TPSA) is 55.5 Å². The minimum Gasteiger partial charge on any atom is -0.260 e. The third-order valence-corrected chi connectivity index (χ3v) is 2.00. The molecule has 1 aromatic carbocycles. The summed E-state index contributed by atoms with van der Waals surface area (Å²) < 4.78 is 0. The molecule has 0 aliphatic heterocycles. The second-order valence-electron chi connectivity index (χ2n) is 2.54. The first kappa shape index (κ1) is 10.7. The molecule has 0 atom stereocenters. The zero-order valence-electron chi connectivity index (χ0n) is 7.71. The van der Waals surface area contributed by atoms with E-state index in [4.69, 9.17) is 0 Å². The maximum atomic E-state index is 10.4. The van der Waals surface area contributed by atoms with Crippen LogP contribution in [0.25, 0.3) is 0 Å². The van der Waals surface area contributed by atoms with Gasteiger partial charge >= 0.3 is 0 Å². The van der Waals surface area contributed by atoms with E-state index in [2.05, 4.69) is 4.99 Å². The Labute approximate surface area is 86.2 Å². The maximum absolute atomic E-state index is 10.4. The van der Waals surface area contributed by atoms with E-state index in [0.29, 0.717) is 5.69 Å². The molecule has 74 valence electrons. The summed E-state index contributed by atoms with van der Waals surface area (Å²) in [5, 5.41) is 10.4. The molecular formula is C9H10N2O2S. The average Bonchev–Trinajstić information content (AvgIpc) is 2.19. The van der Waals surface area contributed by atoms with Gasteiger partial charge in [0.1, 0.15) is 0 Å². The smallest absolute Gasteiger partial charge is 0.260 e. The monoisotopic (exact) mass is 210 g/mol. The van der Waals surface area contributed by atoms with Crippen molar-refractivity contribution in [3.63, 3.8) is 0 Å². The second kappa shape index (κ2) is 5.39. The minimum atomic E-state index is -0.423. The normalized spacial score (nSPS) is 10.6. The lowest BCUT2D eigenvalue weighted by Crippen LogP contribution is -1.86. The van der Waals surface area contributed by atoms with Crippen molar-refractivity contribution in [3.05, 3.63) is 34.4 Å². The minimum absolute atomic E-state index is 0.0730. The van der Waals surface area contributed by atoms with Gasteiger partial charge in [-0.25, -0.2) is 0 Å². The molecule has 0 saturated heterocycles. The van der Waals surface area contributed by atoms with E-state index < -0.39 is 4.92 Å². The number of thioether (sulfide) groups is 1. The summed E-state index contributed by atoms with van der Waals surface area (Å²) in [7, 11) is 0. The van der Waals surface area contributed by atoms with E-state index in [-0.39, 0.29) is 5.69 Å². The molecule has 1 aromatic rings. The summed E-state index contributed by atoms with van der Waals surface area (Å²) in [4.78, 5) is 14.1. The molecule has 0 aliphatic carbocycles. The van der Waals surface area contributed by atoms with Gasteiger partial charge in [0, 0.05) is 24.1 Å². The highest BCUT2D eigenvalue weighted by Crippen LogP contribution is 2.19. The molecule has 0 unspecified atom stereocenters. The van der Waals surface area contributed by atoms with Crippen molar-refractivity contribution in [2.45, 2.75) is 0 Å². The molecule has 0 radical (unpaired) electrons. The predicted octanol–water partition coefficient (Wildman–Crippen LogP) is 2.66. The quantitative estimate of drug-likeness (QED) is 0.436. The van der Waals surface area contributed by atoms with Crippen LogP contribution < -0.4 is 0 Å². The molecule has 0 amide bonds. The van der Waals surface area contributed by atoms with Crippen molar-refractivity contribution < 1.29 is 4.92 Å². The first-order valence-electron chi connectivity index (χ1n) is 4.00. The van der Waals surface area contributed by atoms with Gasteiger partial charge in [0.15, 0.2) is 0 Å². The van der Waals surface area contributed by atoms with E-state index in [1.165, 1.54) is 12.1 Å². The lowest BCUT2D eigenvalue weighted by atomic mass is 10.3. The van der Waals surface area contributed by atoms with Crippen LogP contribution in [0.15, 0.2) is 29.3 Å². The van der Waals surface area contributed by atoms with Crippen molar-refractivity contribution in [2.24, 2.45) is 4.99 Å². The molecule has 0 aromatic heterocycles. The van der Waals surface area contributed by atoms with Crippen LogP contribution in [0.2, 0.25) is 0 Å². The van der Waals surface area contributed by atoms with Crippen molar-refractivity contribution in [2.75, 3.05) is 12.0 Å². The van der Waals surface area contributed by atoms with E-state index in [1.807, 2.05) is 6.26 Å². The summed E-state index contributed by atoms with van der Waals surface area (Å²) in [6, 6.07) is 6.28. The Morgan fingerprint density at radius 2 is 2.43 bits per heavy atom. The Morgan fingerprint density at radius 1 is 1.64 bits per heavy atom. The number of nitro benzene ring substituents is 1. The van der Waals surface area contributed by atoms with Crippen molar-refractivity contribution >= 4 is 29.4 Å². The van der Waals surface area contributed by atoms with Crippen LogP contribution in [-0.2, 0) is 0 Å². The number of hydrogen-bond donors (Lipinski definition) is 0. The van der Waals surface area contributed by atoms with Crippen molar-refractivity contribution in [3.8, 4) is 0 Å². The number of rotatable bonds is 4. The number of nitro groups is 1. The largest absolute Gasteiger partial charge is 0.271 e. The fourth-order valence-corrected chi connectivity index (χ4v) is 1.13. The lowest BCUT2D eigenvalue weighted by molar-refractivity contribution is -0.384. The van der Waals surface area contributed by atoms with E-state index >= 15 is 0 Å². The number of benzene rings is 1. The highest BCUT2D eigenvalue weighted by molar-refractivity contribution is 7.99. The van der Waals surface area contributed by atoms with Gasteiger partial charge in [-0.1, -0.05) is 6.07 Å². The van der Waals surface area contributed by atoms with Crippen molar-refractivity contribution in [1.29, 1.82) is 0 Å². The summed E-state index contributed by atoms with van der Waals surface area (Å²) in [6.45, 7) is 0. The predicted molar refractivity (Wildman–Crippen MR) is 59.6 cm³/mol. The van der Waals surface area contributed by atoms with Gasteiger partial charge in [0.05, 0.1) is 10.6 Å². The SMILES string of the molecule is CSCC=Nc1cccc([N+](=O)[O-])c1. The van der Waals surface area contributed by atoms with Gasteiger partial charge in [-0.15, -0.1) is 0 Å².